The molecule has 2 fully saturated rings. The zero-order valence-corrected chi connectivity index (χ0v) is 16.8. The lowest BCUT2D eigenvalue weighted by molar-refractivity contribution is -0.136. The van der Waals surface area contributed by atoms with Crippen LogP contribution in [0.15, 0.2) is 33.6 Å². The molecule has 2 aliphatic rings. The lowest BCUT2D eigenvalue weighted by Gasteiger charge is -2.35. The number of sulfonamides is 1. The first-order valence-electron chi connectivity index (χ1n) is 8.69. The number of halogens is 1. The van der Waals surface area contributed by atoms with E-state index in [0.717, 1.165) is 32.7 Å². The van der Waals surface area contributed by atoms with Gasteiger partial charge < -0.3 is 9.80 Å². The van der Waals surface area contributed by atoms with E-state index in [0.29, 0.717) is 17.4 Å². The van der Waals surface area contributed by atoms with Crippen LogP contribution in [-0.4, -0.2) is 74.2 Å². The number of likely N-dealkylation sites (N-methyl/N-ethyl adjacent to an activating group) is 1. The highest BCUT2D eigenvalue weighted by molar-refractivity contribution is 9.10. The van der Waals surface area contributed by atoms with Gasteiger partial charge in [-0.15, -0.1) is 0 Å². The van der Waals surface area contributed by atoms with Crippen LogP contribution >= 0.6 is 15.9 Å². The van der Waals surface area contributed by atoms with E-state index in [1.54, 1.807) is 24.3 Å². The minimum absolute atomic E-state index is 0.0978. The second-order valence-corrected chi connectivity index (χ2v) is 9.30. The van der Waals surface area contributed by atoms with E-state index >= 15 is 0 Å². The Morgan fingerprint density at radius 2 is 1.84 bits per heavy atom. The highest BCUT2D eigenvalue weighted by atomic mass is 79.9. The fraction of sp³-hybridized carbons (Fsp3) is 0.588. The van der Waals surface area contributed by atoms with Gasteiger partial charge in [0.25, 0.3) is 0 Å². The third kappa shape index (κ3) is 3.92. The zero-order chi connectivity index (χ0) is 18.0. The molecule has 0 bridgehead atoms. The van der Waals surface area contributed by atoms with E-state index in [9.17, 15) is 13.2 Å². The van der Waals surface area contributed by atoms with Crippen LogP contribution in [0.4, 0.5) is 0 Å². The van der Waals surface area contributed by atoms with Crippen molar-refractivity contribution in [2.75, 3.05) is 45.8 Å². The number of hydrogen-bond acceptors (Lipinski definition) is 4. The summed E-state index contributed by atoms with van der Waals surface area (Å²) in [4.78, 5) is 17.2. The van der Waals surface area contributed by atoms with Gasteiger partial charge >= 0.3 is 0 Å². The number of rotatable bonds is 4. The monoisotopic (exact) mass is 429 g/mol. The maximum Gasteiger partial charge on any atom is 0.244 e. The molecule has 0 radical (unpaired) electrons. The van der Waals surface area contributed by atoms with Crippen molar-refractivity contribution in [3.63, 3.8) is 0 Å². The van der Waals surface area contributed by atoms with Crippen LogP contribution in [0.2, 0.25) is 0 Å². The van der Waals surface area contributed by atoms with Crippen molar-refractivity contribution < 1.29 is 13.2 Å². The Kier molecular flexibility index (Phi) is 5.82. The Bertz CT molecular complexity index is 732. The number of amides is 1. The van der Waals surface area contributed by atoms with Crippen LogP contribution in [-0.2, 0) is 14.8 Å². The molecule has 1 amide bonds. The summed E-state index contributed by atoms with van der Waals surface area (Å²) in [5.74, 6) is -0.133. The largest absolute Gasteiger partial charge is 0.340 e. The van der Waals surface area contributed by atoms with Crippen molar-refractivity contribution >= 4 is 31.9 Å². The number of nitrogens with zero attached hydrogens (tertiary/aromatic N) is 3. The summed E-state index contributed by atoms with van der Waals surface area (Å²) < 4.78 is 27.7. The fourth-order valence-electron chi connectivity index (χ4n) is 3.48. The van der Waals surface area contributed by atoms with Gasteiger partial charge in [-0.1, -0.05) is 19.1 Å². The van der Waals surface area contributed by atoms with E-state index in [-0.39, 0.29) is 23.3 Å². The highest BCUT2D eigenvalue weighted by Crippen LogP contribution is 2.29. The number of piperazine rings is 1. The Morgan fingerprint density at radius 3 is 2.48 bits per heavy atom. The maximum absolute atomic E-state index is 12.8. The topological polar surface area (TPSA) is 60.9 Å². The van der Waals surface area contributed by atoms with E-state index in [1.165, 1.54) is 4.31 Å². The predicted octanol–water partition coefficient (Wildman–Crippen LogP) is 1.62. The van der Waals surface area contributed by atoms with Gasteiger partial charge in [0.05, 0.1) is 10.8 Å². The molecule has 3 rings (SSSR count). The first-order valence-corrected chi connectivity index (χ1v) is 10.9. The molecule has 2 aliphatic heterocycles. The number of carbonyl (C=O) groups excluding carboxylic acids is 1. The molecule has 25 heavy (non-hydrogen) atoms. The number of hydrogen-bond donors (Lipinski definition) is 0. The summed E-state index contributed by atoms with van der Waals surface area (Å²) >= 11 is 3.31. The highest BCUT2D eigenvalue weighted by Gasteiger charge is 2.38. The lowest BCUT2D eigenvalue weighted by atomic mass is 10.1. The van der Waals surface area contributed by atoms with Gasteiger partial charge in [0, 0.05) is 43.7 Å². The van der Waals surface area contributed by atoms with Crippen molar-refractivity contribution in [3.8, 4) is 0 Å². The van der Waals surface area contributed by atoms with E-state index < -0.39 is 10.0 Å². The molecule has 138 valence electrons. The third-order valence-electron chi connectivity index (χ3n) is 5.09. The smallest absolute Gasteiger partial charge is 0.244 e. The molecule has 6 nitrogen and oxygen atoms in total. The average Bonchev–Trinajstić information content (AvgIpc) is 3.12. The van der Waals surface area contributed by atoms with Crippen LogP contribution in [0.5, 0.6) is 0 Å². The van der Waals surface area contributed by atoms with Gasteiger partial charge in [0.15, 0.2) is 0 Å². The lowest BCUT2D eigenvalue weighted by Crippen LogP contribution is -2.50. The molecule has 1 aromatic rings. The van der Waals surface area contributed by atoms with Crippen molar-refractivity contribution in [2.24, 2.45) is 5.92 Å². The quantitative estimate of drug-likeness (QED) is 0.729. The van der Waals surface area contributed by atoms with Crippen molar-refractivity contribution in [3.05, 3.63) is 28.7 Å². The predicted molar refractivity (Wildman–Crippen MR) is 99.7 cm³/mol. The van der Waals surface area contributed by atoms with Gasteiger partial charge in [-0.2, -0.15) is 4.31 Å². The molecule has 0 spiro atoms. The molecule has 0 aromatic heterocycles. The maximum atomic E-state index is 12.8. The third-order valence-corrected chi connectivity index (χ3v) is 7.96. The van der Waals surface area contributed by atoms with Crippen molar-refractivity contribution in [2.45, 2.75) is 18.2 Å². The Labute approximate surface area is 158 Å². The van der Waals surface area contributed by atoms with Crippen molar-refractivity contribution in [1.29, 1.82) is 0 Å². The van der Waals surface area contributed by atoms with Crippen molar-refractivity contribution in [1.82, 2.24) is 14.1 Å². The summed E-state index contributed by atoms with van der Waals surface area (Å²) in [6, 6.07) is 6.82. The standard InChI is InChI=1S/C17H24BrN3O3S/c1-2-19-9-11-20(12-10-19)17(22)14-7-8-21(13-14)25(23,24)16-6-4-3-5-15(16)18/h3-6,14H,2,7-13H2,1H3. The molecule has 8 heteroatoms. The van der Waals surface area contributed by atoms with Crippen LogP contribution in [0, 0.1) is 5.92 Å². The van der Waals surface area contributed by atoms with Gasteiger partial charge in [-0.05, 0) is 41.0 Å². The molecule has 2 heterocycles. The Balaban J connectivity index is 1.65. The van der Waals surface area contributed by atoms with Gasteiger partial charge in [-0.3, -0.25) is 4.79 Å². The molecule has 1 atom stereocenters. The average molecular weight is 430 g/mol. The summed E-state index contributed by atoms with van der Waals surface area (Å²) in [5, 5.41) is 0. The molecule has 0 N–H and O–H groups in total. The number of carbonyl (C=O) groups is 1. The minimum Gasteiger partial charge on any atom is -0.340 e. The van der Waals surface area contributed by atoms with Crippen LogP contribution < -0.4 is 0 Å². The normalized spacial score (nSPS) is 23.1. The van der Waals surface area contributed by atoms with Crippen LogP contribution in [0.1, 0.15) is 13.3 Å². The van der Waals surface area contributed by atoms with Gasteiger partial charge in [0.1, 0.15) is 0 Å². The van der Waals surface area contributed by atoms with Crippen LogP contribution in [0.3, 0.4) is 0 Å². The fourth-order valence-corrected chi connectivity index (χ4v) is 5.95. The van der Waals surface area contributed by atoms with Gasteiger partial charge in [0.2, 0.25) is 15.9 Å². The first-order chi connectivity index (χ1) is 11.9. The summed E-state index contributed by atoms with van der Waals surface area (Å²) in [6.07, 6.45) is 0.594. The van der Waals surface area contributed by atoms with E-state index in [4.69, 9.17) is 0 Å². The summed E-state index contributed by atoms with van der Waals surface area (Å²) in [7, 11) is -3.57. The second-order valence-electron chi connectivity index (χ2n) is 6.54. The SMILES string of the molecule is CCN1CCN(C(=O)C2CCN(S(=O)(=O)c3ccccc3Br)C2)CC1. The molecular weight excluding hydrogens is 406 g/mol. The van der Waals surface area contributed by atoms with Gasteiger partial charge in [-0.25, -0.2) is 8.42 Å². The molecule has 1 unspecified atom stereocenters. The second kappa shape index (κ2) is 7.73. The molecule has 0 aliphatic carbocycles. The zero-order valence-electron chi connectivity index (χ0n) is 14.4. The molecule has 0 saturated carbocycles. The van der Waals surface area contributed by atoms with E-state index in [1.807, 2.05) is 4.90 Å². The first kappa shape index (κ1) is 18.8. The van der Waals surface area contributed by atoms with Crippen LogP contribution in [0.25, 0.3) is 0 Å². The minimum atomic E-state index is -3.57. The molecular formula is C17H24BrN3O3S. The summed E-state index contributed by atoms with van der Waals surface area (Å²) in [6.45, 7) is 7.07. The summed E-state index contributed by atoms with van der Waals surface area (Å²) in [5.41, 5.74) is 0. The Morgan fingerprint density at radius 1 is 1.16 bits per heavy atom. The Hall–Kier alpha value is -0.960. The molecule has 1 aromatic carbocycles. The number of benzene rings is 1. The van der Waals surface area contributed by atoms with E-state index in [2.05, 4.69) is 27.8 Å². The molecule has 2 saturated heterocycles.